The molecule has 3 aromatic rings. The summed E-state index contributed by atoms with van der Waals surface area (Å²) in [5.74, 6) is -0.757. The Kier molecular flexibility index (Phi) is 8.32. The number of anilines is 2. The Morgan fingerprint density at radius 3 is 2.42 bits per heavy atom. The lowest BCUT2D eigenvalue weighted by molar-refractivity contribution is -0.143. The van der Waals surface area contributed by atoms with Crippen molar-refractivity contribution in [2.24, 2.45) is 0 Å². The van der Waals surface area contributed by atoms with E-state index in [2.05, 4.69) is 9.88 Å². The summed E-state index contributed by atoms with van der Waals surface area (Å²) in [6.07, 6.45) is 3.29. The lowest BCUT2D eigenvalue weighted by Gasteiger charge is -2.36. The first-order chi connectivity index (χ1) is 17.4. The molecule has 0 spiro atoms. The highest BCUT2D eigenvalue weighted by molar-refractivity contribution is 7.07. The first-order valence-electron chi connectivity index (χ1n) is 12.2. The predicted molar refractivity (Wildman–Crippen MR) is 142 cm³/mol. The van der Waals surface area contributed by atoms with Gasteiger partial charge in [0.05, 0.1) is 24.9 Å². The summed E-state index contributed by atoms with van der Waals surface area (Å²) in [6.45, 7) is 5.27. The van der Waals surface area contributed by atoms with Gasteiger partial charge in [-0.1, -0.05) is 42.8 Å². The van der Waals surface area contributed by atoms with Gasteiger partial charge in [-0.05, 0) is 51.2 Å². The third-order valence-corrected chi connectivity index (χ3v) is 7.25. The van der Waals surface area contributed by atoms with E-state index in [1.54, 1.807) is 29.6 Å². The quantitative estimate of drug-likeness (QED) is 0.426. The maximum absolute atomic E-state index is 14.0. The van der Waals surface area contributed by atoms with Crippen LogP contribution in [-0.4, -0.2) is 66.5 Å². The number of rotatable bonds is 8. The van der Waals surface area contributed by atoms with Crippen LogP contribution >= 0.6 is 11.3 Å². The molecule has 1 aliphatic rings. The van der Waals surface area contributed by atoms with E-state index >= 15 is 0 Å². The largest absolute Gasteiger partial charge is 0.467 e. The van der Waals surface area contributed by atoms with Crippen molar-refractivity contribution in [1.82, 2.24) is 9.88 Å². The molecule has 0 N–H and O–H groups in total. The van der Waals surface area contributed by atoms with Crippen LogP contribution in [0.1, 0.15) is 33.1 Å². The van der Waals surface area contributed by atoms with E-state index in [0.717, 1.165) is 36.7 Å². The molecular weight excluding hydrogens is 476 g/mol. The van der Waals surface area contributed by atoms with E-state index in [0.29, 0.717) is 11.5 Å². The summed E-state index contributed by atoms with van der Waals surface area (Å²) >= 11 is 1.33. The number of ether oxygens (including phenoxy) is 1. The second-order valence-corrected chi connectivity index (χ2v) is 9.75. The van der Waals surface area contributed by atoms with Crippen LogP contribution in [0.5, 0.6) is 0 Å². The smallest absolute Gasteiger partial charge is 0.328 e. The van der Waals surface area contributed by atoms with Crippen LogP contribution in [0, 0.1) is 0 Å². The van der Waals surface area contributed by atoms with Crippen LogP contribution in [0.25, 0.3) is 10.8 Å². The van der Waals surface area contributed by atoms with E-state index < -0.39 is 24.0 Å². The maximum atomic E-state index is 14.0. The van der Waals surface area contributed by atoms with Crippen LogP contribution in [0.2, 0.25) is 0 Å². The number of aromatic nitrogens is 1. The second kappa shape index (κ2) is 11.6. The number of likely N-dealkylation sites (tertiary alicyclic amines) is 1. The van der Waals surface area contributed by atoms with Crippen molar-refractivity contribution < 1.29 is 19.1 Å². The zero-order valence-electron chi connectivity index (χ0n) is 20.9. The molecule has 190 valence electrons. The Bertz CT molecular complexity index is 1200. The van der Waals surface area contributed by atoms with Gasteiger partial charge in [0.1, 0.15) is 17.9 Å². The SMILES string of the molecule is COC(=O)C(C)N(C(=O)[C@H](C)N(C(=O)CN1CCCCC1)c1cccc2ccccc12)c1cscn1. The van der Waals surface area contributed by atoms with Crippen LogP contribution in [-0.2, 0) is 19.1 Å². The molecule has 0 radical (unpaired) electrons. The normalized spacial score (nSPS) is 15.8. The third-order valence-electron chi connectivity index (χ3n) is 6.68. The number of esters is 1. The van der Waals surface area contributed by atoms with Crippen molar-refractivity contribution >= 4 is 51.4 Å². The monoisotopic (exact) mass is 508 g/mol. The fourth-order valence-electron chi connectivity index (χ4n) is 4.78. The number of carbonyl (C=O) groups is 3. The average molecular weight is 509 g/mol. The molecule has 0 aliphatic carbocycles. The molecule has 4 rings (SSSR count). The minimum absolute atomic E-state index is 0.155. The minimum atomic E-state index is -0.904. The minimum Gasteiger partial charge on any atom is -0.467 e. The molecule has 1 aromatic heterocycles. The number of methoxy groups -OCH3 is 1. The fraction of sp³-hybridized carbons (Fsp3) is 0.407. The molecular formula is C27H32N4O4S. The number of benzene rings is 2. The lowest BCUT2D eigenvalue weighted by atomic mass is 10.1. The number of hydrogen-bond acceptors (Lipinski definition) is 7. The van der Waals surface area contributed by atoms with Crippen molar-refractivity contribution in [1.29, 1.82) is 0 Å². The molecule has 1 aliphatic heterocycles. The molecule has 1 unspecified atom stereocenters. The van der Waals surface area contributed by atoms with Gasteiger partial charge in [-0.2, -0.15) is 0 Å². The van der Waals surface area contributed by atoms with Gasteiger partial charge >= 0.3 is 5.97 Å². The lowest BCUT2D eigenvalue weighted by Crippen LogP contribution is -2.56. The highest BCUT2D eigenvalue weighted by Crippen LogP contribution is 2.30. The summed E-state index contributed by atoms with van der Waals surface area (Å²) in [7, 11) is 1.29. The van der Waals surface area contributed by atoms with Gasteiger partial charge in [0.15, 0.2) is 0 Å². The molecule has 0 bridgehead atoms. The van der Waals surface area contributed by atoms with Crippen LogP contribution in [0.15, 0.2) is 53.4 Å². The zero-order valence-corrected chi connectivity index (χ0v) is 21.7. The van der Waals surface area contributed by atoms with E-state index in [1.165, 1.54) is 29.8 Å². The van der Waals surface area contributed by atoms with Crippen LogP contribution < -0.4 is 9.80 Å². The van der Waals surface area contributed by atoms with Crippen molar-refractivity contribution in [3.8, 4) is 0 Å². The van der Waals surface area contributed by atoms with E-state index in [4.69, 9.17) is 4.74 Å². The molecule has 2 heterocycles. The van der Waals surface area contributed by atoms with Crippen molar-refractivity contribution in [2.45, 2.75) is 45.2 Å². The molecule has 36 heavy (non-hydrogen) atoms. The summed E-state index contributed by atoms with van der Waals surface area (Å²) in [5, 5.41) is 3.57. The summed E-state index contributed by atoms with van der Waals surface area (Å²) in [5.41, 5.74) is 2.27. The topological polar surface area (TPSA) is 83.0 Å². The number of piperidine rings is 1. The second-order valence-electron chi connectivity index (χ2n) is 9.03. The third kappa shape index (κ3) is 5.42. The molecule has 0 saturated carbocycles. The Morgan fingerprint density at radius 1 is 1.00 bits per heavy atom. The van der Waals surface area contributed by atoms with E-state index in [1.807, 2.05) is 42.5 Å². The van der Waals surface area contributed by atoms with Crippen molar-refractivity contribution in [3.63, 3.8) is 0 Å². The van der Waals surface area contributed by atoms with E-state index in [9.17, 15) is 14.4 Å². The summed E-state index contributed by atoms with van der Waals surface area (Å²) < 4.78 is 4.93. The Labute approximate surface area is 215 Å². The molecule has 1 saturated heterocycles. The van der Waals surface area contributed by atoms with Gasteiger partial charge in [0, 0.05) is 10.8 Å². The zero-order chi connectivity index (χ0) is 25.7. The predicted octanol–water partition coefficient (Wildman–Crippen LogP) is 4.10. The highest BCUT2D eigenvalue weighted by atomic mass is 32.1. The van der Waals surface area contributed by atoms with Gasteiger partial charge in [-0.15, -0.1) is 11.3 Å². The van der Waals surface area contributed by atoms with Crippen molar-refractivity contribution in [2.75, 3.05) is 36.5 Å². The van der Waals surface area contributed by atoms with Crippen LogP contribution in [0.3, 0.4) is 0 Å². The molecule has 9 heteroatoms. The number of thiazole rings is 1. The van der Waals surface area contributed by atoms with Gasteiger partial charge in [0.25, 0.3) is 5.91 Å². The van der Waals surface area contributed by atoms with Gasteiger partial charge in [-0.3, -0.25) is 24.3 Å². The van der Waals surface area contributed by atoms with Crippen LogP contribution in [0.4, 0.5) is 11.5 Å². The Balaban J connectivity index is 1.75. The standard InChI is InChI=1S/C27H32N4O4S/c1-19(26(33)31(20(2)27(34)35-3)24-17-36-18-28-24)30(25(32)16-29-14-7-4-8-15-29)23-13-9-11-21-10-5-6-12-22(21)23/h5-6,9-13,17-20H,4,7-8,14-16H2,1-3H3/t19-,20?/m0/s1. The van der Waals surface area contributed by atoms with Gasteiger partial charge < -0.3 is 4.74 Å². The summed E-state index contributed by atoms with van der Waals surface area (Å²) in [4.78, 5) is 49.7. The molecule has 2 aromatic carbocycles. The Hall–Kier alpha value is -3.30. The van der Waals surface area contributed by atoms with E-state index in [-0.39, 0.29) is 12.5 Å². The Morgan fingerprint density at radius 2 is 1.72 bits per heavy atom. The maximum Gasteiger partial charge on any atom is 0.328 e. The molecule has 1 fully saturated rings. The molecule has 2 amide bonds. The summed E-state index contributed by atoms with van der Waals surface area (Å²) in [6, 6.07) is 11.8. The fourth-order valence-corrected chi connectivity index (χ4v) is 5.30. The van der Waals surface area contributed by atoms with Gasteiger partial charge in [0.2, 0.25) is 5.91 Å². The molecule has 2 atom stereocenters. The van der Waals surface area contributed by atoms with Gasteiger partial charge in [-0.25, -0.2) is 9.78 Å². The average Bonchev–Trinajstić information content (AvgIpc) is 3.43. The molecule has 8 nitrogen and oxygen atoms in total. The van der Waals surface area contributed by atoms with Crippen molar-refractivity contribution in [3.05, 3.63) is 53.4 Å². The first kappa shape index (κ1) is 25.8. The number of fused-ring (bicyclic) bond motifs is 1. The highest BCUT2D eigenvalue weighted by Gasteiger charge is 2.37. The number of nitrogens with zero attached hydrogens (tertiary/aromatic N) is 4. The number of hydrogen-bond donors (Lipinski definition) is 0. The first-order valence-corrected chi connectivity index (χ1v) is 13.2. The number of amides is 2. The number of carbonyl (C=O) groups excluding carboxylic acids is 3.